The molecule has 116 valence electrons. The molecule has 0 aliphatic heterocycles. The van der Waals surface area contributed by atoms with Crippen molar-refractivity contribution in [2.75, 3.05) is 19.0 Å². The first kappa shape index (κ1) is 17.0. The summed E-state index contributed by atoms with van der Waals surface area (Å²) in [4.78, 5) is 23.5. The fourth-order valence-electron chi connectivity index (χ4n) is 1.69. The van der Waals surface area contributed by atoms with Crippen LogP contribution in [0.1, 0.15) is 19.4 Å². The molecule has 1 aromatic carbocycles. The lowest BCUT2D eigenvalue weighted by Crippen LogP contribution is -2.46. The van der Waals surface area contributed by atoms with Crippen LogP contribution < -0.4 is 21.1 Å². The minimum absolute atomic E-state index is 0.0249. The molecule has 0 aliphatic carbocycles. The SMILES string of the molecule is COc1ccc(NC(=O)CNC(=O)[C@@H](N)C(C)C)c(C)c1. The van der Waals surface area contributed by atoms with E-state index in [1.807, 2.05) is 26.8 Å². The van der Waals surface area contributed by atoms with Crippen LogP contribution in [-0.2, 0) is 9.59 Å². The zero-order valence-corrected chi connectivity index (χ0v) is 12.9. The van der Waals surface area contributed by atoms with Gasteiger partial charge >= 0.3 is 0 Å². The summed E-state index contributed by atoms with van der Waals surface area (Å²) in [7, 11) is 1.58. The smallest absolute Gasteiger partial charge is 0.243 e. The van der Waals surface area contributed by atoms with Crippen molar-refractivity contribution in [1.82, 2.24) is 5.32 Å². The van der Waals surface area contributed by atoms with E-state index >= 15 is 0 Å². The van der Waals surface area contributed by atoms with Gasteiger partial charge in [0.15, 0.2) is 0 Å². The van der Waals surface area contributed by atoms with Crippen LogP contribution in [0.2, 0.25) is 0 Å². The summed E-state index contributed by atoms with van der Waals surface area (Å²) >= 11 is 0. The zero-order chi connectivity index (χ0) is 16.0. The van der Waals surface area contributed by atoms with E-state index in [4.69, 9.17) is 10.5 Å². The van der Waals surface area contributed by atoms with Gasteiger partial charge in [0, 0.05) is 5.69 Å². The van der Waals surface area contributed by atoms with Crippen LogP contribution in [0.5, 0.6) is 5.75 Å². The molecule has 1 aromatic rings. The number of hydrogen-bond acceptors (Lipinski definition) is 4. The Labute approximate surface area is 125 Å². The van der Waals surface area contributed by atoms with Gasteiger partial charge in [0.25, 0.3) is 0 Å². The maximum atomic E-state index is 11.8. The Morgan fingerprint density at radius 3 is 2.52 bits per heavy atom. The Morgan fingerprint density at radius 1 is 1.33 bits per heavy atom. The van der Waals surface area contributed by atoms with E-state index in [0.717, 1.165) is 11.3 Å². The zero-order valence-electron chi connectivity index (χ0n) is 12.9. The Hall–Kier alpha value is -2.08. The highest BCUT2D eigenvalue weighted by molar-refractivity contribution is 5.95. The van der Waals surface area contributed by atoms with Gasteiger partial charge in [0.05, 0.1) is 19.7 Å². The molecule has 0 heterocycles. The normalized spacial score (nSPS) is 11.9. The monoisotopic (exact) mass is 293 g/mol. The number of nitrogens with two attached hydrogens (primary N) is 1. The number of ether oxygens (including phenoxy) is 1. The molecule has 0 unspecified atom stereocenters. The van der Waals surface area contributed by atoms with E-state index in [-0.39, 0.29) is 24.3 Å². The highest BCUT2D eigenvalue weighted by Gasteiger charge is 2.17. The first-order chi connectivity index (χ1) is 9.85. The molecule has 0 spiro atoms. The first-order valence-electron chi connectivity index (χ1n) is 6.83. The fourth-order valence-corrected chi connectivity index (χ4v) is 1.69. The third kappa shape index (κ3) is 5.07. The largest absolute Gasteiger partial charge is 0.497 e. The fraction of sp³-hybridized carbons (Fsp3) is 0.467. The van der Waals surface area contributed by atoms with Gasteiger partial charge in [0.2, 0.25) is 11.8 Å². The number of hydrogen-bond donors (Lipinski definition) is 3. The van der Waals surface area contributed by atoms with Crippen molar-refractivity contribution >= 4 is 17.5 Å². The van der Waals surface area contributed by atoms with Gasteiger partial charge in [-0.3, -0.25) is 9.59 Å². The lowest BCUT2D eigenvalue weighted by atomic mass is 10.1. The van der Waals surface area contributed by atoms with Crippen LogP contribution in [0, 0.1) is 12.8 Å². The van der Waals surface area contributed by atoms with Gasteiger partial charge in [-0.25, -0.2) is 0 Å². The molecule has 4 N–H and O–H groups in total. The molecular weight excluding hydrogens is 270 g/mol. The topological polar surface area (TPSA) is 93.5 Å². The second-order valence-corrected chi connectivity index (χ2v) is 5.22. The van der Waals surface area contributed by atoms with Crippen molar-refractivity contribution in [3.05, 3.63) is 23.8 Å². The van der Waals surface area contributed by atoms with E-state index in [0.29, 0.717) is 5.69 Å². The van der Waals surface area contributed by atoms with Crippen LogP contribution in [0.25, 0.3) is 0 Å². The van der Waals surface area contributed by atoms with E-state index in [1.165, 1.54) is 0 Å². The van der Waals surface area contributed by atoms with Gasteiger partial charge in [-0.1, -0.05) is 13.8 Å². The predicted molar refractivity (Wildman–Crippen MR) is 82.2 cm³/mol. The number of aryl methyl sites for hydroxylation is 1. The third-order valence-electron chi connectivity index (χ3n) is 3.15. The highest BCUT2D eigenvalue weighted by Crippen LogP contribution is 2.20. The average Bonchev–Trinajstić information content (AvgIpc) is 2.45. The highest BCUT2D eigenvalue weighted by atomic mass is 16.5. The lowest BCUT2D eigenvalue weighted by molar-refractivity contribution is -0.125. The van der Waals surface area contributed by atoms with Crippen LogP contribution in [0.3, 0.4) is 0 Å². The number of benzene rings is 1. The molecule has 0 fully saturated rings. The van der Waals surface area contributed by atoms with Crippen molar-refractivity contribution in [3.63, 3.8) is 0 Å². The second-order valence-electron chi connectivity index (χ2n) is 5.22. The average molecular weight is 293 g/mol. The Kier molecular flexibility index (Phi) is 6.17. The van der Waals surface area contributed by atoms with Gasteiger partial charge in [-0.05, 0) is 36.6 Å². The molecule has 21 heavy (non-hydrogen) atoms. The molecule has 6 heteroatoms. The summed E-state index contributed by atoms with van der Waals surface area (Å²) in [5.74, 6) is 0.123. The molecule has 0 saturated heterocycles. The summed E-state index contributed by atoms with van der Waals surface area (Å²) in [6.45, 7) is 5.46. The quantitative estimate of drug-likeness (QED) is 0.730. The van der Waals surface area contributed by atoms with Crippen molar-refractivity contribution in [3.8, 4) is 5.75 Å². The summed E-state index contributed by atoms with van der Waals surface area (Å²) in [6, 6.07) is 4.73. The molecule has 0 saturated carbocycles. The van der Waals surface area contributed by atoms with Gasteiger partial charge in [0.1, 0.15) is 5.75 Å². The second kappa shape index (κ2) is 7.64. The van der Waals surface area contributed by atoms with Crippen molar-refractivity contribution in [2.24, 2.45) is 11.7 Å². The number of anilines is 1. The number of rotatable bonds is 6. The summed E-state index contributed by atoms with van der Waals surface area (Å²) in [5, 5.41) is 5.26. The molecule has 0 aliphatic rings. The van der Waals surface area contributed by atoms with E-state index in [9.17, 15) is 9.59 Å². The van der Waals surface area contributed by atoms with Crippen molar-refractivity contribution in [2.45, 2.75) is 26.8 Å². The summed E-state index contributed by atoms with van der Waals surface area (Å²) < 4.78 is 5.10. The molecule has 1 rings (SSSR count). The Balaban J connectivity index is 2.53. The molecule has 6 nitrogen and oxygen atoms in total. The van der Waals surface area contributed by atoms with E-state index < -0.39 is 6.04 Å². The molecule has 1 atom stereocenters. The van der Waals surface area contributed by atoms with Crippen LogP contribution in [0.15, 0.2) is 18.2 Å². The van der Waals surface area contributed by atoms with Crippen LogP contribution in [0.4, 0.5) is 5.69 Å². The lowest BCUT2D eigenvalue weighted by Gasteiger charge is -2.15. The molecular formula is C15H23N3O3. The molecule has 2 amide bonds. The predicted octanol–water partition coefficient (Wildman–Crippen LogP) is 1.04. The molecule has 0 aromatic heterocycles. The maximum absolute atomic E-state index is 11.8. The number of methoxy groups -OCH3 is 1. The minimum Gasteiger partial charge on any atom is -0.497 e. The van der Waals surface area contributed by atoms with Gasteiger partial charge in [-0.15, -0.1) is 0 Å². The maximum Gasteiger partial charge on any atom is 0.243 e. The Bertz CT molecular complexity index is 515. The number of carbonyl (C=O) groups excluding carboxylic acids is 2. The number of carbonyl (C=O) groups is 2. The molecule has 0 bridgehead atoms. The number of nitrogens with one attached hydrogen (secondary N) is 2. The minimum atomic E-state index is -0.611. The third-order valence-corrected chi connectivity index (χ3v) is 3.15. The van der Waals surface area contributed by atoms with Crippen LogP contribution >= 0.6 is 0 Å². The van der Waals surface area contributed by atoms with Gasteiger partial charge in [-0.2, -0.15) is 0 Å². The number of amides is 2. The van der Waals surface area contributed by atoms with E-state index in [1.54, 1.807) is 19.2 Å². The van der Waals surface area contributed by atoms with Crippen molar-refractivity contribution < 1.29 is 14.3 Å². The molecule has 0 radical (unpaired) electrons. The van der Waals surface area contributed by atoms with E-state index in [2.05, 4.69) is 10.6 Å². The summed E-state index contributed by atoms with van der Waals surface area (Å²) in [5.41, 5.74) is 7.26. The standard InChI is InChI=1S/C15H23N3O3/c1-9(2)14(16)15(20)17-8-13(19)18-12-6-5-11(21-4)7-10(12)3/h5-7,9,14H,8,16H2,1-4H3,(H,17,20)(H,18,19)/t14-/m0/s1. The first-order valence-corrected chi connectivity index (χ1v) is 6.83. The Morgan fingerprint density at radius 2 is 2.00 bits per heavy atom. The van der Waals surface area contributed by atoms with Crippen LogP contribution in [-0.4, -0.2) is 31.5 Å². The van der Waals surface area contributed by atoms with Crippen molar-refractivity contribution in [1.29, 1.82) is 0 Å². The van der Waals surface area contributed by atoms with Gasteiger partial charge < -0.3 is 21.1 Å². The summed E-state index contributed by atoms with van der Waals surface area (Å²) in [6.07, 6.45) is 0.